The number of aromatic nitrogens is 3. The van der Waals surface area contributed by atoms with Gasteiger partial charge in [-0.25, -0.2) is 4.57 Å². The maximum absolute atomic E-state index is 10.8. The number of likely N-dealkylation sites (N-methyl/N-ethyl adjacent to an activating group) is 1. The molecular weight excluding hydrogens is 1640 g/mol. The SMILES string of the molecule is BrBr.C.C.C.C.C.C.CCI(C)O.CCc1ccc(N)cc1C1=CCN(C)CC1.CO.Cc1ccc([N+](=O)[O-])cc1.Cc1ccc([N+](=O)[O-])cc1-c1cc[n+](C)cc1.Cc1ccc([N+](=O)[O-])cc1-c1ccncc1.Cc1ccc([N+](=O)[O-])cc1Br.O=S(=O)(O)O.OB(O)c1ccncc1.[B].[H-].[Na+]. The molecule has 1 aliphatic heterocycles. The van der Waals surface area contributed by atoms with Gasteiger partial charge in [0.25, 0.3) is 22.7 Å². The average molecular weight is 1740 g/mol. The number of nitrogens with two attached hydrogens (primary N) is 1. The molecule has 555 valence electrons. The zero-order chi connectivity index (χ0) is 71.0. The van der Waals surface area contributed by atoms with E-state index in [9.17, 15) is 40.5 Å². The molecule has 0 saturated heterocycles. The normalized spacial score (nSPS) is 10.1. The fourth-order valence-corrected chi connectivity index (χ4v) is 7.76. The molecule has 0 unspecified atom stereocenters. The number of halogens is 4. The maximum Gasteiger partial charge on any atom is 1.00 e. The van der Waals surface area contributed by atoms with E-state index in [0.717, 1.165) is 92.1 Å². The van der Waals surface area contributed by atoms with Crippen molar-refractivity contribution in [2.45, 2.75) is 98.9 Å². The Morgan fingerprint density at radius 1 is 0.624 bits per heavy atom. The Morgan fingerprint density at radius 2 is 0.990 bits per heavy atom. The van der Waals surface area contributed by atoms with Crippen LogP contribution in [-0.2, 0) is 23.9 Å². The Labute approximate surface area is 655 Å². The molecule has 4 heterocycles. The number of alkyl halides is 2. The molecule has 9 rings (SSSR count). The van der Waals surface area contributed by atoms with Crippen molar-refractivity contribution in [2.75, 3.05) is 42.3 Å². The Hall–Kier alpha value is -6.34. The monoisotopic (exact) mass is 1740 g/mol. The molecule has 3 aromatic heterocycles. The second kappa shape index (κ2) is 62.2. The van der Waals surface area contributed by atoms with E-state index in [4.69, 9.17) is 41.8 Å². The van der Waals surface area contributed by atoms with E-state index < -0.39 is 47.6 Å². The molecule has 101 heavy (non-hydrogen) atoms. The van der Waals surface area contributed by atoms with Gasteiger partial charge in [0, 0.05) is 152 Å². The Balaban J connectivity index is -0.000000119. The molecule has 8 N–H and O–H groups in total. The van der Waals surface area contributed by atoms with Crippen LogP contribution in [0.25, 0.3) is 27.8 Å². The molecule has 0 aliphatic carbocycles. The van der Waals surface area contributed by atoms with Gasteiger partial charge in [-0.1, -0.05) is 115 Å². The number of non-ortho nitro benzene ring substituents is 4. The summed E-state index contributed by atoms with van der Waals surface area (Å²) in [6.07, 6.45) is 14.7. The van der Waals surface area contributed by atoms with Crippen LogP contribution in [0.5, 0.6) is 0 Å². The predicted molar refractivity (Wildman–Crippen MR) is 433 cm³/mol. The molecule has 0 bridgehead atoms. The zero-order valence-electron chi connectivity index (χ0n) is 55.3. The number of nitro benzene ring substituents is 4. The van der Waals surface area contributed by atoms with E-state index in [1.54, 1.807) is 67.0 Å². The first-order valence-corrected chi connectivity index (χ1v) is 37.9. The van der Waals surface area contributed by atoms with Crippen LogP contribution >= 0.6 is 64.4 Å². The molecule has 0 atom stereocenters. The Morgan fingerprint density at radius 3 is 1.33 bits per heavy atom. The standard InChI is InChI=1S/C14H20N2.C13H13N2O2.C12H10N2O2.C7H6BrNO2.C7H7NO2.C5H6BNO2.C3H9IO.CH4O.6CH4.B.Br2.Na.H2O4S.H/c1-3-11-4-5-13(15)10-14(11)12-6-8-16(2)9-7-12;1-10-3-4-12(15(16)17)9-13(10)11-5-7-14(2)8-6-11;1-9-2-3-11(14(15)16)8-12(9)10-4-6-13-7-5-10;1-5-2-3-6(9(10)11)4-7(5)8;1-6-2-4-7(5-3-6)8(9)10;8-6(9)5-1-3-7-4-2-5;1-3-4(2)5;1-2;;;;;;;;1-2;;1-5(2,3)4;/h4-6,10H,3,7-9,15H2,1-2H3;3-9H,1-2H3;2-8H,1H3;2-4H,1H3;2-5H,1H3;1-4,8-9H;5H,3H2,1-2H3;2H,1H3;6*1H4;;;;(H2,1,2,3,4);/q;+1;;;;;;;;;;;;;;;+1;;-1. The van der Waals surface area contributed by atoms with E-state index in [0.29, 0.717) is 5.46 Å². The van der Waals surface area contributed by atoms with Crippen molar-refractivity contribution in [1.82, 2.24) is 14.9 Å². The number of hydrogen-bond donors (Lipinski definition) is 7. The summed E-state index contributed by atoms with van der Waals surface area (Å²) in [4.78, 5) is 52.1. The third-order valence-electron chi connectivity index (χ3n) is 12.4. The topological polar surface area (TPSA) is 387 Å². The van der Waals surface area contributed by atoms with Crippen molar-refractivity contribution in [3.05, 3.63) is 255 Å². The van der Waals surface area contributed by atoms with Gasteiger partial charge in [0.2, 0.25) is 0 Å². The third-order valence-corrected chi connectivity index (χ3v) is 15.5. The van der Waals surface area contributed by atoms with Crippen LogP contribution in [0.15, 0.2) is 181 Å². The Bertz CT molecular complexity index is 3730. The smallest absolute Gasteiger partial charge is 1.00 e. The summed E-state index contributed by atoms with van der Waals surface area (Å²) in [5.74, 6) is 0. The minimum absolute atomic E-state index is 0. The first kappa shape index (κ1) is 113. The van der Waals surface area contributed by atoms with Crippen molar-refractivity contribution in [2.24, 2.45) is 7.05 Å². The minimum atomic E-state index is -4.67. The number of aliphatic hydroxyl groups is 1. The number of nitro groups is 4. The van der Waals surface area contributed by atoms with Crippen LogP contribution in [0.4, 0.5) is 28.4 Å². The molecular formula is C68H102B2Br3IN9NaO16S+. The summed E-state index contributed by atoms with van der Waals surface area (Å²) >= 11 is 7.43. The first-order chi connectivity index (χ1) is 43.8. The van der Waals surface area contributed by atoms with E-state index in [1.807, 2.05) is 93.9 Å². The van der Waals surface area contributed by atoms with E-state index >= 15 is 0 Å². The summed E-state index contributed by atoms with van der Waals surface area (Å²) in [6.45, 7) is 14.1. The molecule has 0 amide bonds. The van der Waals surface area contributed by atoms with Crippen LogP contribution < -0.4 is 45.3 Å². The summed E-state index contributed by atoms with van der Waals surface area (Å²) in [7, 11) is -0.953. The third kappa shape index (κ3) is 48.3. The van der Waals surface area contributed by atoms with Crippen LogP contribution in [-0.4, -0.2) is 123 Å². The largest absolute Gasteiger partial charge is 1.00 e. The number of benzene rings is 5. The maximum atomic E-state index is 10.8. The van der Waals surface area contributed by atoms with Gasteiger partial charge in [-0.2, -0.15) is 8.42 Å². The van der Waals surface area contributed by atoms with Gasteiger partial charge in [-0.15, -0.1) is 0 Å². The van der Waals surface area contributed by atoms with E-state index in [1.165, 1.54) is 65.5 Å². The predicted octanol–water partition coefficient (Wildman–Crippen LogP) is 13.5. The van der Waals surface area contributed by atoms with Crippen molar-refractivity contribution in [3.8, 4) is 22.3 Å². The molecule has 3 radical (unpaired) electrons. The molecule has 5 aromatic carbocycles. The number of rotatable bonds is 10. The van der Waals surface area contributed by atoms with Crippen LogP contribution in [0, 0.1) is 68.2 Å². The number of pyridine rings is 3. The van der Waals surface area contributed by atoms with Crippen molar-refractivity contribution in [1.29, 1.82) is 0 Å². The van der Waals surface area contributed by atoms with E-state index in [-0.39, 0.29) is 117 Å². The fourth-order valence-electron chi connectivity index (χ4n) is 7.40. The molecule has 25 nitrogen and oxygen atoms in total. The number of nitrogens with zero attached hydrogens (tertiary/aromatic N) is 8. The summed E-state index contributed by atoms with van der Waals surface area (Å²) in [5.41, 5.74) is 19.7. The molecule has 8 aromatic rings. The van der Waals surface area contributed by atoms with Gasteiger partial charge < -0.3 is 27.2 Å². The van der Waals surface area contributed by atoms with E-state index in [2.05, 4.69) is 91.2 Å². The summed E-state index contributed by atoms with van der Waals surface area (Å²) in [6, 6.07) is 37.9. The van der Waals surface area contributed by atoms with Gasteiger partial charge in [0.05, 0.1) is 19.7 Å². The summed E-state index contributed by atoms with van der Waals surface area (Å²) in [5, 5.41) is 65.9. The van der Waals surface area contributed by atoms with Gasteiger partial charge in [0.15, 0.2) is 12.4 Å². The quantitative estimate of drug-likeness (QED) is 0.00977. The second-order valence-electron chi connectivity index (χ2n) is 19.2. The van der Waals surface area contributed by atoms with Crippen molar-refractivity contribution in [3.63, 3.8) is 0 Å². The molecule has 0 fully saturated rings. The fraction of sp³-hybridized carbons (Fsp3) is 0.309. The van der Waals surface area contributed by atoms with Crippen LogP contribution in [0.3, 0.4) is 0 Å². The zero-order valence-corrected chi connectivity index (χ0v) is 64.0. The number of aliphatic hydroxyl groups excluding tert-OH is 1. The Kier molecular flexibility index (Phi) is 69.7. The van der Waals surface area contributed by atoms with Crippen LogP contribution in [0.2, 0.25) is 0 Å². The van der Waals surface area contributed by atoms with Crippen LogP contribution in [0.1, 0.15) is 99.6 Å². The van der Waals surface area contributed by atoms with Crippen molar-refractivity contribution < 1.29 is 91.4 Å². The molecule has 0 spiro atoms. The second-order valence-corrected chi connectivity index (χ2v) is 25.7. The number of hydrogen-bond acceptors (Lipinski definition) is 18. The minimum Gasteiger partial charge on any atom is -1.00 e. The first-order valence-electron chi connectivity index (χ1n) is 27.4. The number of nitrogen functional groups attached to an aromatic ring is 1. The number of anilines is 1. The number of aryl methyl sites for hydroxylation is 6. The average Bonchev–Trinajstić information content (AvgIpc) is 0.834. The van der Waals surface area contributed by atoms with Gasteiger partial charge in [-0.3, -0.25) is 59.5 Å². The van der Waals surface area contributed by atoms with Gasteiger partial charge in [-0.05, 0) is 145 Å². The van der Waals surface area contributed by atoms with Gasteiger partial charge in [0.1, 0.15) is 7.05 Å². The van der Waals surface area contributed by atoms with Gasteiger partial charge >= 0.3 is 87.0 Å². The summed E-state index contributed by atoms with van der Waals surface area (Å²) < 4.78 is 43.8. The molecule has 0 saturated carbocycles. The molecule has 33 heteroatoms. The molecule has 1 aliphatic rings. The van der Waals surface area contributed by atoms with Crippen molar-refractivity contribution >= 4 is 130 Å².